The van der Waals surface area contributed by atoms with Crippen LogP contribution in [0.1, 0.15) is 40.5 Å². The number of hydrogen-bond donors (Lipinski definition) is 1. The van der Waals surface area contributed by atoms with E-state index in [2.05, 4.69) is 26.5 Å². The smallest absolute Gasteiger partial charge is 0.143 e. The average molecular weight is 427 g/mol. The minimum atomic E-state index is -0.364. The standard InChI is InChI=1S/C22H42N4O4/c1-5-6-22(30)18-26-13-11-24(16-20(3)28)9-7-23(15-19(2)27)8-10-25(12-14-26)17-21(4)29/h22,30H,5-18H2,1-4H3. The van der Waals surface area contributed by atoms with Crippen LogP contribution in [0.2, 0.25) is 0 Å². The van der Waals surface area contributed by atoms with Gasteiger partial charge in [0.25, 0.3) is 0 Å². The molecule has 0 amide bonds. The second-order valence-corrected chi connectivity index (χ2v) is 8.68. The van der Waals surface area contributed by atoms with E-state index in [1.165, 1.54) is 0 Å². The highest BCUT2D eigenvalue weighted by atomic mass is 16.3. The Morgan fingerprint density at radius 3 is 1.23 bits per heavy atom. The zero-order chi connectivity index (χ0) is 22.5. The highest BCUT2D eigenvalue weighted by molar-refractivity contribution is 5.78. The Hall–Kier alpha value is -1.19. The van der Waals surface area contributed by atoms with Crippen molar-refractivity contribution in [3.63, 3.8) is 0 Å². The van der Waals surface area contributed by atoms with Gasteiger partial charge in [0.15, 0.2) is 0 Å². The second kappa shape index (κ2) is 14.8. The van der Waals surface area contributed by atoms with Crippen LogP contribution in [0.3, 0.4) is 0 Å². The summed E-state index contributed by atoms with van der Waals surface area (Å²) < 4.78 is 0. The first kappa shape index (κ1) is 26.8. The number of rotatable bonds is 10. The van der Waals surface area contributed by atoms with Gasteiger partial charge in [0.05, 0.1) is 25.7 Å². The van der Waals surface area contributed by atoms with Crippen LogP contribution in [0.15, 0.2) is 0 Å². The first-order valence-corrected chi connectivity index (χ1v) is 11.2. The van der Waals surface area contributed by atoms with Gasteiger partial charge in [-0.25, -0.2) is 0 Å². The predicted molar refractivity (Wildman–Crippen MR) is 119 cm³/mol. The van der Waals surface area contributed by atoms with Crippen LogP contribution >= 0.6 is 0 Å². The van der Waals surface area contributed by atoms with Gasteiger partial charge in [0, 0.05) is 58.9 Å². The normalized spacial score (nSPS) is 20.3. The number of ketones is 3. The molecular weight excluding hydrogens is 384 g/mol. The largest absolute Gasteiger partial charge is 0.392 e. The van der Waals surface area contributed by atoms with E-state index in [4.69, 9.17) is 0 Å². The first-order valence-electron chi connectivity index (χ1n) is 11.2. The third-order valence-electron chi connectivity index (χ3n) is 5.36. The lowest BCUT2D eigenvalue weighted by Gasteiger charge is -2.34. The summed E-state index contributed by atoms with van der Waals surface area (Å²) >= 11 is 0. The molecule has 0 aliphatic carbocycles. The Labute approximate surface area is 182 Å². The van der Waals surface area contributed by atoms with Crippen LogP contribution in [-0.4, -0.2) is 127 Å². The number of carbonyl (C=O) groups is 3. The molecule has 1 atom stereocenters. The summed E-state index contributed by atoms with van der Waals surface area (Å²) in [4.78, 5) is 43.8. The lowest BCUT2D eigenvalue weighted by molar-refractivity contribution is -0.120. The summed E-state index contributed by atoms with van der Waals surface area (Å²) in [6, 6.07) is 0. The fourth-order valence-electron chi connectivity index (χ4n) is 3.90. The molecule has 8 nitrogen and oxygen atoms in total. The van der Waals surface area contributed by atoms with Crippen LogP contribution in [0.4, 0.5) is 0 Å². The maximum atomic E-state index is 11.7. The monoisotopic (exact) mass is 426 g/mol. The lowest BCUT2D eigenvalue weighted by Crippen LogP contribution is -2.49. The molecule has 0 saturated carbocycles. The summed E-state index contributed by atoms with van der Waals surface area (Å²) in [5, 5.41) is 10.3. The third kappa shape index (κ3) is 12.5. The maximum absolute atomic E-state index is 11.7. The highest BCUT2D eigenvalue weighted by Gasteiger charge is 2.19. The number of nitrogens with zero attached hydrogens (tertiary/aromatic N) is 4. The van der Waals surface area contributed by atoms with Gasteiger partial charge in [-0.15, -0.1) is 0 Å². The van der Waals surface area contributed by atoms with E-state index < -0.39 is 0 Å². The van der Waals surface area contributed by atoms with E-state index >= 15 is 0 Å². The van der Waals surface area contributed by atoms with Gasteiger partial charge in [-0.05, 0) is 27.2 Å². The highest BCUT2D eigenvalue weighted by Crippen LogP contribution is 2.05. The van der Waals surface area contributed by atoms with Crippen molar-refractivity contribution >= 4 is 17.3 Å². The molecule has 1 aliphatic heterocycles. The lowest BCUT2D eigenvalue weighted by atomic mass is 10.2. The van der Waals surface area contributed by atoms with Crippen molar-refractivity contribution in [1.29, 1.82) is 0 Å². The molecule has 1 rings (SSSR count). The van der Waals surface area contributed by atoms with Crippen molar-refractivity contribution in [2.45, 2.75) is 46.6 Å². The summed E-state index contributed by atoms with van der Waals surface area (Å²) in [5.74, 6) is 0.380. The van der Waals surface area contributed by atoms with E-state index in [0.717, 1.165) is 39.0 Å². The van der Waals surface area contributed by atoms with E-state index in [1.807, 2.05) is 0 Å². The number of carbonyl (C=O) groups excluding carboxylic acids is 3. The van der Waals surface area contributed by atoms with Crippen molar-refractivity contribution in [2.24, 2.45) is 0 Å². The SMILES string of the molecule is CCCC(O)CN1CCN(CC(C)=O)CCN(CC(C)=O)CCN(CC(C)=O)CC1. The Balaban J connectivity index is 2.91. The molecule has 0 spiro atoms. The van der Waals surface area contributed by atoms with Crippen molar-refractivity contribution in [2.75, 3.05) is 78.5 Å². The topological polar surface area (TPSA) is 84.4 Å². The molecule has 1 heterocycles. The van der Waals surface area contributed by atoms with Gasteiger partial charge in [0.2, 0.25) is 0 Å². The van der Waals surface area contributed by atoms with Gasteiger partial charge in [0.1, 0.15) is 17.3 Å². The molecular formula is C22H42N4O4. The molecule has 1 N–H and O–H groups in total. The summed E-state index contributed by atoms with van der Waals surface area (Å²) in [6.07, 6.45) is 1.34. The van der Waals surface area contributed by atoms with Crippen LogP contribution < -0.4 is 0 Å². The van der Waals surface area contributed by atoms with E-state index in [1.54, 1.807) is 20.8 Å². The minimum Gasteiger partial charge on any atom is -0.392 e. The number of aliphatic hydroxyl groups is 1. The van der Waals surface area contributed by atoms with Gasteiger partial charge in [-0.3, -0.25) is 34.0 Å². The average Bonchev–Trinajstić information content (AvgIpc) is 2.62. The molecule has 1 fully saturated rings. The molecule has 1 unspecified atom stereocenters. The molecule has 30 heavy (non-hydrogen) atoms. The molecule has 1 saturated heterocycles. The van der Waals surface area contributed by atoms with Crippen molar-refractivity contribution < 1.29 is 19.5 Å². The second-order valence-electron chi connectivity index (χ2n) is 8.68. The Bertz CT molecular complexity index is 511. The molecule has 0 radical (unpaired) electrons. The van der Waals surface area contributed by atoms with E-state index in [-0.39, 0.29) is 23.5 Å². The molecule has 0 aromatic carbocycles. The van der Waals surface area contributed by atoms with Crippen molar-refractivity contribution in [1.82, 2.24) is 19.6 Å². The van der Waals surface area contributed by atoms with Gasteiger partial charge < -0.3 is 5.11 Å². The van der Waals surface area contributed by atoms with Crippen LogP contribution in [0, 0.1) is 0 Å². The molecule has 0 aromatic heterocycles. The Morgan fingerprint density at radius 1 is 0.667 bits per heavy atom. The zero-order valence-corrected chi connectivity index (χ0v) is 19.4. The number of hydrogen-bond acceptors (Lipinski definition) is 8. The Kier molecular flexibility index (Phi) is 13.2. The fourth-order valence-corrected chi connectivity index (χ4v) is 3.90. The molecule has 1 aliphatic rings. The van der Waals surface area contributed by atoms with Crippen molar-refractivity contribution in [3.05, 3.63) is 0 Å². The molecule has 0 bridgehead atoms. The third-order valence-corrected chi connectivity index (χ3v) is 5.36. The van der Waals surface area contributed by atoms with Crippen LogP contribution in [0.5, 0.6) is 0 Å². The predicted octanol–water partition coefficient (Wildman–Crippen LogP) is 0.136. The number of Topliss-reactive ketones (excluding diaryl/α,β-unsaturated/α-hetero) is 3. The Morgan fingerprint density at radius 2 is 0.967 bits per heavy atom. The van der Waals surface area contributed by atoms with E-state index in [0.29, 0.717) is 52.4 Å². The zero-order valence-electron chi connectivity index (χ0n) is 19.4. The summed E-state index contributed by atoms with van der Waals surface area (Å²) in [5.41, 5.74) is 0. The van der Waals surface area contributed by atoms with Gasteiger partial charge in [-0.1, -0.05) is 13.3 Å². The fraction of sp³-hybridized carbons (Fsp3) is 0.864. The molecule has 0 aromatic rings. The van der Waals surface area contributed by atoms with Gasteiger partial charge >= 0.3 is 0 Å². The van der Waals surface area contributed by atoms with E-state index in [9.17, 15) is 19.5 Å². The van der Waals surface area contributed by atoms with Crippen LogP contribution in [0.25, 0.3) is 0 Å². The molecule has 8 heteroatoms. The number of β-amino-alcohol motifs (C(OH)–C–C–N with tert-alkyl or cyclic N) is 1. The van der Waals surface area contributed by atoms with Crippen molar-refractivity contribution in [3.8, 4) is 0 Å². The summed E-state index contributed by atoms with van der Waals surface area (Å²) in [7, 11) is 0. The first-order chi connectivity index (χ1) is 14.2. The summed E-state index contributed by atoms with van der Waals surface area (Å²) in [6.45, 7) is 14.5. The van der Waals surface area contributed by atoms with Crippen LogP contribution in [-0.2, 0) is 14.4 Å². The molecule has 174 valence electrons. The maximum Gasteiger partial charge on any atom is 0.143 e. The van der Waals surface area contributed by atoms with Gasteiger partial charge in [-0.2, -0.15) is 0 Å². The minimum absolute atomic E-state index is 0.120. The number of aliphatic hydroxyl groups excluding tert-OH is 1. The quantitative estimate of drug-likeness (QED) is 0.528.